The van der Waals surface area contributed by atoms with E-state index in [0.717, 1.165) is 5.92 Å². The molecule has 0 N–H and O–H groups in total. The van der Waals surface area contributed by atoms with Gasteiger partial charge in [-0.1, -0.05) is 60.5 Å². The topological polar surface area (TPSA) is 9.23 Å². The van der Waals surface area contributed by atoms with E-state index in [2.05, 4.69) is 48.1 Å². The highest BCUT2D eigenvalue weighted by atomic mass is 16.5. The summed E-state index contributed by atoms with van der Waals surface area (Å²) >= 11 is 0. The third kappa shape index (κ3) is 4.10. The molecule has 0 aliphatic heterocycles. The van der Waals surface area contributed by atoms with Crippen molar-refractivity contribution in [2.45, 2.75) is 79.8 Å². The number of hydrogen-bond acceptors (Lipinski definition) is 1. The molecule has 1 saturated carbocycles. The first-order valence-corrected chi connectivity index (χ1v) is 8.51. The lowest BCUT2D eigenvalue weighted by atomic mass is 9.60. The summed E-state index contributed by atoms with van der Waals surface area (Å²) in [6.45, 7) is 18.9. The monoisotopic (exact) mass is 280 g/mol. The van der Waals surface area contributed by atoms with Gasteiger partial charge in [0.15, 0.2) is 0 Å². The first kappa shape index (κ1) is 17.8. The van der Waals surface area contributed by atoms with Gasteiger partial charge >= 0.3 is 0 Å². The molecule has 1 rings (SSSR count). The van der Waals surface area contributed by atoms with Gasteiger partial charge in [-0.05, 0) is 41.9 Å². The predicted octanol–water partition coefficient (Wildman–Crippen LogP) is 5.85. The molecule has 118 valence electrons. The number of hydrogen-bond donors (Lipinski definition) is 0. The molecule has 0 bridgehead atoms. The van der Waals surface area contributed by atoms with Gasteiger partial charge in [0.05, 0.1) is 12.7 Å². The Bertz CT molecular complexity index is 303. The molecule has 0 aromatic rings. The first-order chi connectivity index (χ1) is 9.28. The van der Waals surface area contributed by atoms with E-state index in [9.17, 15) is 0 Å². The van der Waals surface area contributed by atoms with Gasteiger partial charge in [-0.2, -0.15) is 0 Å². The second-order valence-electron chi connectivity index (χ2n) is 7.96. The predicted molar refractivity (Wildman–Crippen MR) is 88.9 cm³/mol. The summed E-state index contributed by atoms with van der Waals surface area (Å²) in [6, 6.07) is 0. The highest BCUT2D eigenvalue weighted by Gasteiger charge is 2.43. The molecule has 1 fully saturated rings. The molecular weight excluding hydrogens is 244 g/mol. The Balaban J connectivity index is 2.86. The summed E-state index contributed by atoms with van der Waals surface area (Å²) in [5, 5.41) is 0. The molecule has 1 nitrogen and oxygen atoms in total. The number of ether oxygens (including phenoxy) is 1. The van der Waals surface area contributed by atoms with Crippen molar-refractivity contribution in [1.82, 2.24) is 0 Å². The summed E-state index contributed by atoms with van der Waals surface area (Å²) < 4.78 is 6.11. The maximum Gasteiger partial charge on any atom is 0.0648 e. The van der Waals surface area contributed by atoms with Crippen LogP contribution < -0.4 is 0 Å². The highest BCUT2D eigenvalue weighted by Crippen LogP contribution is 2.49. The fraction of sp³-hybridized carbons (Fsp3) is 0.895. The van der Waals surface area contributed by atoms with Gasteiger partial charge < -0.3 is 4.74 Å². The second-order valence-corrected chi connectivity index (χ2v) is 7.96. The quantitative estimate of drug-likeness (QED) is 0.532. The number of rotatable bonds is 7. The molecular formula is C19H36O. The summed E-state index contributed by atoms with van der Waals surface area (Å²) in [6.07, 6.45) is 8.67. The third-order valence-corrected chi connectivity index (χ3v) is 6.15. The summed E-state index contributed by atoms with van der Waals surface area (Å²) in [5.41, 5.74) is 0.833. The molecule has 20 heavy (non-hydrogen) atoms. The average molecular weight is 280 g/mol. The van der Waals surface area contributed by atoms with Crippen LogP contribution in [0.3, 0.4) is 0 Å². The minimum Gasteiger partial charge on any atom is -0.374 e. The maximum atomic E-state index is 6.11. The van der Waals surface area contributed by atoms with Gasteiger partial charge in [0.1, 0.15) is 0 Å². The Morgan fingerprint density at radius 2 is 1.65 bits per heavy atom. The molecule has 1 aliphatic rings. The van der Waals surface area contributed by atoms with Gasteiger partial charge in [0.25, 0.3) is 0 Å². The van der Waals surface area contributed by atoms with Crippen LogP contribution in [0, 0.1) is 22.7 Å². The van der Waals surface area contributed by atoms with Crippen molar-refractivity contribution in [2.24, 2.45) is 22.7 Å². The Morgan fingerprint density at radius 1 is 1.05 bits per heavy atom. The Labute approximate surface area is 127 Å². The smallest absolute Gasteiger partial charge is 0.0648 e. The van der Waals surface area contributed by atoms with Gasteiger partial charge in [-0.25, -0.2) is 0 Å². The molecule has 0 radical (unpaired) electrons. The molecule has 1 aliphatic carbocycles. The minimum atomic E-state index is 0.369. The second kappa shape index (κ2) is 7.11. The highest BCUT2D eigenvalue weighted by molar-refractivity contribution is 4.93. The van der Waals surface area contributed by atoms with Crippen LogP contribution in [-0.2, 0) is 4.74 Å². The first-order valence-electron chi connectivity index (χ1n) is 8.51. The van der Waals surface area contributed by atoms with Crippen LogP contribution in [-0.4, -0.2) is 12.7 Å². The minimum absolute atomic E-state index is 0.369. The zero-order valence-electron chi connectivity index (χ0n) is 14.7. The van der Waals surface area contributed by atoms with E-state index < -0.39 is 0 Å². The SMILES string of the molecule is C=CCOC1CCC(C(C)(C)CC)CC1C(C)(C)CC. The Kier molecular flexibility index (Phi) is 6.31. The van der Waals surface area contributed by atoms with Crippen LogP contribution in [0.2, 0.25) is 0 Å². The van der Waals surface area contributed by atoms with Crippen LogP contribution >= 0.6 is 0 Å². The van der Waals surface area contributed by atoms with Gasteiger partial charge in [-0.15, -0.1) is 6.58 Å². The van der Waals surface area contributed by atoms with Gasteiger partial charge in [0, 0.05) is 0 Å². The molecule has 3 unspecified atom stereocenters. The summed E-state index contributed by atoms with van der Waals surface area (Å²) in [5.74, 6) is 1.52. The largest absolute Gasteiger partial charge is 0.374 e. The zero-order valence-corrected chi connectivity index (χ0v) is 14.7. The summed E-state index contributed by atoms with van der Waals surface area (Å²) in [7, 11) is 0. The van der Waals surface area contributed by atoms with Crippen LogP contribution in [0.25, 0.3) is 0 Å². The fourth-order valence-corrected chi connectivity index (χ4v) is 3.62. The van der Waals surface area contributed by atoms with Crippen molar-refractivity contribution in [3.05, 3.63) is 12.7 Å². The zero-order chi connectivity index (χ0) is 15.4. The fourth-order valence-electron chi connectivity index (χ4n) is 3.62. The normalized spacial score (nSPS) is 28.4. The van der Waals surface area contributed by atoms with Crippen LogP contribution in [0.4, 0.5) is 0 Å². The molecule has 0 heterocycles. The lowest BCUT2D eigenvalue weighted by Crippen LogP contribution is -2.43. The van der Waals surface area contributed by atoms with Crippen molar-refractivity contribution in [1.29, 1.82) is 0 Å². The van der Waals surface area contributed by atoms with Crippen molar-refractivity contribution in [2.75, 3.05) is 6.61 Å². The van der Waals surface area contributed by atoms with E-state index in [1.54, 1.807) is 0 Å². The van der Waals surface area contributed by atoms with E-state index in [4.69, 9.17) is 4.74 Å². The van der Waals surface area contributed by atoms with Crippen LogP contribution in [0.1, 0.15) is 73.6 Å². The average Bonchev–Trinajstić information content (AvgIpc) is 2.44. The van der Waals surface area contributed by atoms with Crippen molar-refractivity contribution < 1.29 is 4.74 Å². The molecule has 1 heteroatoms. The van der Waals surface area contributed by atoms with Crippen LogP contribution in [0.5, 0.6) is 0 Å². The van der Waals surface area contributed by atoms with E-state index in [1.165, 1.54) is 32.1 Å². The standard InChI is InChI=1S/C19H36O/c1-8-13-20-17-12-11-15(18(4,5)9-2)14-16(17)19(6,7)10-3/h8,15-17H,1,9-14H2,2-7H3. The molecule has 0 spiro atoms. The molecule has 0 saturated heterocycles. The molecule has 0 aromatic heterocycles. The van der Waals surface area contributed by atoms with Gasteiger partial charge in [-0.3, -0.25) is 0 Å². The van der Waals surface area contributed by atoms with Crippen molar-refractivity contribution >= 4 is 0 Å². The third-order valence-electron chi connectivity index (χ3n) is 6.15. The van der Waals surface area contributed by atoms with E-state index >= 15 is 0 Å². The van der Waals surface area contributed by atoms with Gasteiger partial charge in [0.2, 0.25) is 0 Å². The lowest BCUT2D eigenvalue weighted by molar-refractivity contribution is -0.0719. The molecule has 3 atom stereocenters. The van der Waals surface area contributed by atoms with Crippen LogP contribution in [0.15, 0.2) is 12.7 Å². The van der Waals surface area contributed by atoms with E-state index in [-0.39, 0.29) is 0 Å². The summed E-state index contributed by atoms with van der Waals surface area (Å²) in [4.78, 5) is 0. The van der Waals surface area contributed by atoms with Crippen molar-refractivity contribution in [3.63, 3.8) is 0 Å². The Hall–Kier alpha value is -0.300. The molecule has 0 aromatic carbocycles. The van der Waals surface area contributed by atoms with Crippen molar-refractivity contribution in [3.8, 4) is 0 Å². The van der Waals surface area contributed by atoms with E-state index in [1.807, 2.05) is 6.08 Å². The Morgan fingerprint density at radius 3 is 2.15 bits per heavy atom. The molecule has 0 amide bonds. The van der Waals surface area contributed by atoms with E-state index in [0.29, 0.717) is 29.5 Å². The maximum absolute atomic E-state index is 6.11. The lowest BCUT2D eigenvalue weighted by Gasteiger charge is -2.48.